The van der Waals surface area contributed by atoms with Gasteiger partial charge in [0.1, 0.15) is 11.4 Å². The monoisotopic (exact) mass is 393 g/mol. The Labute approximate surface area is 162 Å². The summed E-state index contributed by atoms with van der Waals surface area (Å²) in [7, 11) is 5.56. The topological polar surface area (TPSA) is 71.5 Å². The Morgan fingerprint density at radius 2 is 2.04 bits per heavy atom. The number of thiazole rings is 1. The van der Waals surface area contributed by atoms with Crippen LogP contribution in [0.25, 0.3) is 10.2 Å². The van der Waals surface area contributed by atoms with Gasteiger partial charge in [-0.15, -0.1) is 12.4 Å². The Hall–Kier alpha value is -2.29. The summed E-state index contributed by atoms with van der Waals surface area (Å²) in [5, 5.41) is 0.640. The van der Waals surface area contributed by atoms with Crippen molar-refractivity contribution in [2.24, 2.45) is 0 Å². The van der Waals surface area contributed by atoms with E-state index in [1.54, 1.807) is 18.2 Å². The van der Waals surface area contributed by atoms with Crippen LogP contribution in [0.1, 0.15) is 10.5 Å². The Bertz CT molecular complexity index is 872. The summed E-state index contributed by atoms with van der Waals surface area (Å²) in [6.45, 7) is 1.23. The summed E-state index contributed by atoms with van der Waals surface area (Å²) in [5.41, 5.74) is 1.14. The minimum absolute atomic E-state index is 0. The number of hydrogen-bond acceptors (Lipinski definition) is 7. The third-order valence-electron chi connectivity index (χ3n) is 3.61. The van der Waals surface area contributed by atoms with Gasteiger partial charge in [0, 0.05) is 25.5 Å². The quantitative estimate of drug-likeness (QED) is 0.641. The number of halogens is 1. The van der Waals surface area contributed by atoms with Gasteiger partial charge in [0.25, 0.3) is 5.91 Å². The summed E-state index contributed by atoms with van der Waals surface area (Å²) in [5.74, 6) is 0.559. The van der Waals surface area contributed by atoms with Gasteiger partial charge < -0.3 is 9.64 Å². The summed E-state index contributed by atoms with van der Waals surface area (Å²) >= 11 is 1.46. The second kappa shape index (κ2) is 8.88. The van der Waals surface area contributed by atoms with Crippen molar-refractivity contribution in [2.45, 2.75) is 0 Å². The minimum Gasteiger partial charge on any atom is -0.497 e. The highest BCUT2D eigenvalue weighted by Crippen LogP contribution is 2.31. The van der Waals surface area contributed by atoms with E-state index in [0.717, 1.165) is 16.0 Å². The predicted octanol–water partition coefficient (Wildman–Crippen LogP) is 2.73. The first-order valence-electron chi connectivity index (χ1n) is 7.75. The van der Waals surface area contributed by atoms with E-state index in [4.69, 9.17) is 4.74 Å². The van der Waals surface area contributed by atoms with E-state index in [1.165, 1.54) is 23.7 Å². The van der Waals surface area contributed by atoms with Crippen molar-refractivity contribution in [1.82, 2.24) is 19.9 Å². The summed E-state index contributed by atoms with van der Waals surface area (Å²) < 4.78 is 6.23. The predicted molar refractivity (Wildman–Crippen MR) is 106 cm³/mol. The van der Waals surface area contributed by atoms with Crippen LogP contribution >= 0.6 is 23.7 Å². The molecule has 0 aliphatic rings. The molecule has 2 aromatic heterocycles. The maximum Gasteiger partial charge on any atom is 0.280 e. The average molecular weight is 394 g/mol. The van der Waals surface area contributed by atoms with E-state index in [9.17, 15) is 4.79 Å². The van der Waals surface area contributed by atoms with Crippen molar-refractivity contribution in [3.05, 3.63) is 42.5 Å². The molecule has 9 heteroatoms. The molecular formula is C17H20ClN5O2S. The fraction of sp³-hybridized carbons (Fsp3) is 0.294. The number of amides is 1. The number of carbonyl (C=O) groups is 1. The molecule has 1 amide bonds. The molecule has 0 radical (unpaired) electrons. The van der Waals surface area contributed by atoms with Gasteiger partial charge in [0.15, 0.2) is 5.13 Å². The molecular weight excluding hydrogens is 374 g/mol. The lowest BCUT2D eigenvalue weighted by atomic mass is 10.3. The van der Waals surface area contributed by atoms with Gasteiger partial charge in [-0.3, -0.25) is 14.7 Å². The molecule has 138 valence electrons. The Balaban J connectivity index is 0.00000243. The van der Waals surface area contributed by atoms with Crippen molar-refractivity contribution in [1.29, 1.82) is 0 Å². The minimum atomic E-state index is -0.207. The number of methoxy groups -OCH3 is 1. The number of aromatic nitrogens is 3. The standard InChI is InChI=1S/C17H19N5O2S.ClH/c1-21(2)8-9-22(16(23)14-11-18-6-7-19-14)17-20-13-5-4-12(24-3)10-15(13)25-17;/h4-7,10-11H,8-9H2,1-3H3;1H. The SMILES string of the molecule is COc1ccc2nc(N(CCN(C)C)C(=O)c3cnccn3)sc2c1.Cl. The van der Waals surface area contributed by atoms with Crippen molar-refractivity contribution in [2.75, 3.05) is 39.2 Å². The number of anilines is 1. The van der Waals surface area contributed by atoms with Crippen LogP contribution in [0, 0.1) is 0 Å². The summed E-state index contributed by atoms with van der Waals surface area (Å²) in [4.78, 5) is 29.3. The van der Waals surface area contributed by atoms with Crippen molar-refractivity contribution >= 4 is 45.0 Å². The van der Waals surface area contributed by atoms with Crippen molar-refractivity contribution in [3.8, 4) is 5.75 Å². The Morgan fingerprint density at radius 1 is 1.23 bits per heavy atom. The lowest BCUT2D eigenvalue weighted by Crippen LogP contribution is -2.37. The van der Waals surface area contributed by atoms with Crippen LogP contribution in [0.4, 0.5) is 5.13 Å². The number of benzene rings is 1. The zero-order valence-corrected chi connectivity index (χ0v) is 16.4. The van der Waals surface area contributed by atoms with E-state index in [1.807, 2.05) is 37.2 Å². The first kappa shape index (κ1) is 20.0. The van der Waals surface area contributed by atoms with Gasteiger partial charge in [-0.1, -0.05) is 11.3 Å². The Kier molecular flexibility index (Phi) is 6.84. The molecule has 0 spiro atoms. The van der Waals surface area contributed by atoms with Crippen LogP contribution in [0.3, 0.4) is 0 Å². The highest BCUT2D eigenvalue weighted by atomic mass is 35.5. The molecule has 2 heterocycles. The number of fused-ring (bicyclic) bond motifs is 1. The molecule has 0 aliphatic carbocycles. The number of ether oxygens (including phenoxy) is 1. The zero-order valence-electron chi connectivity index (χ0n) is 14.7. The molecule has 3 aromatic rings. The van der Waals surface area contributed by atoms with Gasteiger partial charge in [-0.2, -0.15) is 0 Å². The number of likely N-dealkylation sites (N-methyl/N-ethyl adjacent to an activating group) is 1. The van der Waals surface area contributed by atoms with Gasteiger partial charge in [-0.25, -0.2) is 9.97 Å². The third-order valence-corrected chi connectivity index (χ3v) is 4.65. The van der Waals surface area contributed by atoms with Crippen LogP contribution in [0.2, 0.25) is 0 Å². The van der Waals surface area contributed by atoms with Gasteiger partial charge in [0.05, 0.1) is 23.5 Å². The van der Waals surface area contributed by atoms with Gasteiger partial charge in [-0.05, 0) is 32.3 Å². The second-order valence-corrected chi connectivity index (χ2v) is 6.69. The molecule has 0 saturated carbocycles. The van der Waals surface area contributed by atoms with E-state index < -0.39 is 0 Å². The molecule has 1 aromatic carbocycles. The molecule has 0 aliphatic heterocycles. The smallest absolute Gasteiger partial charge is 0.280 e. The Morgan fingerprint density at radius 3 is 2.69 bits per heavy atom. The molecule has 3 rings (SSSR count). The normalized spacial score (nSPS) is 10.6. The van der Waals surface area contributed by atoms with E-state index in [2.05, 4.69) is 15.0 Å². The first-order chi connectivity index (χ1) is 12.1. The number of hydrogen-bond donors (Lipinski definition) is 0. The van der Waals surface area contributed by atoms with Crippen LogP contribution in [-0.4, -0.2) is 60.1 Å². The molecule has 0 saturated heterocycles. The molecule has 26 heavy (non-hydrogen) atoms. The lowest BCUT2D eigenvalue weighted by Gasteiger charge is -2.21. The van der Waals surface area contributed by atoms with Gasteiger partial charge in [0.2, 0.25) is 0 Å². The number of carbonyl (C=O) groups excluding carboxylic acids is 1. The van der Waals surface area contributed by atoms with Crippen LogP contribution < -0.4 is 9.64 Å². The highest BCUT2D eigenvalue weighted by Gasteiger charge is 2.22. The first-order valence-corrected chi connectivity index (χ1v) is 8.57. The van der Waals surface area contributed by atoms with Crippen LogP contribution in [0.15, 0.2) is 36.8 Å². The van der Waals surface area contributed by atoms with Crippen LogP contribution in [0.5, 0.6) is 5.75 Å². The fourth-order valence-electron chi connectivity index (χ4n) is 2.27. The lowest BCUT2D eigenvalue weighted by molar-refractivity contribution is 0.0980. The summed E-state index contributed by atoms with van der Waals surface area (Å²) in [6, 6.07) is 5.68. The molecule has 0 atom stereocenters. The molecule has 0 bridgehead atoms. The molecule has 7 nitrogen and oxygen atoms in total. The highest BCUT2D eigenvalue weighted by molar-refractivity contribution is 7.22. The molecule has 0 unspecified atom stereocenters. The average Bonchev–Trinajstić information content (AvgIpc) is 3.04. The number of rotatable bonds is 6. The largest absolute Gasteiger partial charge is 0.497 e. The van der Waals surface area contributed by atoms with Crippen molar-refractivity contribution < 1.29 is 9.53 Å². The maximum atomic E-state index is 12.9. The fourth-order valence-corrected chi connectivity index (χ4v) is 3.29. The zero-order chi connectivity index (χ0) is 17.8. The second-order valence-electron chi connectivity index (χ2n) is 5.68. The van der Waals surface area contributed by atoms with Crippen LogP contribution in [-0.2, 0) is 0 Å². The summed E-state index contributed by atoms with van der Waals surface area (Å²) in [6.07, 6.45) is 4.53. The van der Waals surface area contributed by atoms with E-state index in [0.29, 0.717) is 23.9 Å². The number of nitrogens with zero attached hydrogens (tertiary/aromatic N) is 5. The molecule has 0 fully saturated rings. The van der Waals surface area contributed by atoms with Crippen molar-refractivity contribution in [3.63, 3.8) is 0 Å². The van der Waals surface area contributed by atoms with Gasteiger partial charge >= 0.3 is 0 Å². The third kappa shape index (κ3) is 4.46. The molecule has 0 N–H and O–H groups in total. The van der Waals surface area contributed by atoms with E-state index in [-0.39, 0.29) is 18.3 Å². The maximum absolute atomic E-state index is 12.9. The van der Waals surface area contributed by atoms with E-state index >= 15 is 0 Å².